The third kappa shape index (κ3) is 4.35. The smallest absolute Gasteiger partial charge is 0.331 e. The first-order chi connectivity index (χ1) is 11.4. The van der Waals surface area contributed by atoms with Gasteiger partial charge in [0.25, 0.3) is 5.56 Å². The summed E-state index contributed by atoms with van der Waals surface area (Å²) in [7, 11) is 0. The molecule has 0 spiro atoms. The van der Waals surface area contributed by atoms with Crippen LogP contribution in [0, 0.1) is 0 Å². The molecule has 2 rings (SSSR count). The molecule has 0 saturated heterocycles. The first-order valence-electron chi connectivity index (χ1n) is 7.75. The molecule has 24 heavy (non-hydrogen) atoms. The van der Waals surface area contributed by atoms with Gasteiger partial charge in [-0.2, -0.15) is 0 Å². The summed E-state index contributed by atoms with van der Waals surface area (Å²) in [5, 5.41) is 3.28. The van der Waals surface area contributed by atoms with Crippen LogP contribution in [0.5, 0.6) is 0 Å². The van der Waals surface area contributed by atoms with E-state index in [1.807, 2.05) is 19.9 Å². The lowest BCUT2D eigenvalue weighted by Gasteiger charge is -2.13. The van der Waals surface area contributed by atoms with E-state index in [1.54, 1.807) is 18.2 Å². The topological polar surface area (TPSA) is 73.1 Å². The molecule has 0 saturated carbocycles. The number of nitrogens with zero attached hydrogens (tertiary/aromatic N) is 2. The number of hydrogen-bond acceptors (Lipinski definition) is 3. The van der Waals surface area contributed by atoms with E-state index < -0.39 is 11.2 Å². The molecule has 1 atom stereocenters. The summed E-state index contributed by atoms with van der Waals surface area (Å²) in [6.07, 6.45) is 2.18. The fraction of sp³-hybridized carbons (Fsp3) is 0.353. The van der Waals surface area contributed by atoms with Gasteiger partial charge in [-0.15, -0.1) is 0 Å². The van der Waals surface area contributed by atoms with Crippen molar-refractivity contribution in [2.45, 2.75) is 39.4 Å². The average molecular weight is 350 g/mol. The van der Waals surface area contributed by atoms with Crippen molar-refractivity contribution in [2.24, 2.45) is 0 Å². The van der Waals surface area contributed by atoms with Crippen molar-refractivity contribution < 1.29 is 4.79 Å². The highest BCUT2D eigenvalue weighted by Crippen LogP contribution is 2.15. The van der Waals surface area contributed by atoms with Crippen molar-refractivity contribution in [1.29, 1.82) is 0 Å². The van der Waals surface area contributed by atoms with Crippen LogP contribution in [-0.2, 0) is 17.9 Å². The monoisotopic (exact) mass is 349 g/mol. The largest absolute Gasteiger partial charge is 0.352 e. The maximum Gasteiger partial charge on any atom is 0.331 e. The molecule has 1 amide bonds. The van der Waals surface area contributed by atoms with Crippen LogP contribution in [0.25, 0.3) is 0 Å². The number of carbonyl (C=O) groups is 1. The van der Waals surface area contributed by atoms with Crippen LogP contribution in [0.4, 0.5) is 0 Å². The van der Waals surface area contributed by atoms with Crippen molar-refractivity contribution in [2.75, 3.05) is 0 Å². The normalized spacial score (nSPS) is 12.0. The quantitative estimate of drug-likeness (QED) is 0.861. The van der Waals surface area contributed by atoms with E-state index in [1.165, 1.54) is 16.8 Å². The maximum absolute atomic E-state index is 12.5. The standard InChI is InChI=1S/C17H20ClN3O3/c1-3-12(2)19-15(22)11-21-16(23)8-9-20(17(21)24)10-13-6-4-5-7-14(13)18/h4-9,12H,3,10-11H2,1-2H3,(H,19,22)/t12-/m1/s1. The average Bonchev–Trinajstić information content (AvgIpc) is 2.55. The Hall–Kier alpha value is -2.34. The number of hydrogen-bond donors (Lipinski definition) is 1. The van der Waals surface area contributed by atoms with Crippen LogP contribution in [0.2, 0.25) is 5.02 Å². The van der Waals surface area contributed by atoms with Crippen molar-refractivity contribution in [3.8, 4) is 0 Å². The molecule has 0 aliphatic rings. The Labute approximate surface area is 144 Å². The van der Waals surface area contributed by atoms with E-state index in [9.17, 15) is 14.4 Å². The van der Waals surface area contributed by atoms with E-state index in [2.05, 4.69) is 5.32 Å². The molecule has 7 heteroatoms. The molecule has 1 heterocycles. The Morgan fingerprint density at radius 3 is 2.62 bits per heavy atom. The van der Waals surface area contributed by atoms with Gasteiger partial charge < -0.3 is 5.32 Å². The Balaban J connectivity index is 2.28. The summed E-state index contributed by atoms with van der Waals surface area (Å²) in [6.45, 7) is 3.73. The second-order valence-corrected chi connectivity index (χ2v) is 6.03. The highest BCUT2D eigenvalue weighted by Gasteiger charge is 2.12. The van der Waals surface area contributed by atoms with Crippen molar-refractivity contribution in [3.05, 3.63) is 68.0 Å². The highest BCUT2D eigenvalue weighted by atomic mass is 35.5. The zero-order valence-electron chi connectivity index (χ0n) is 13.7. The predicted molar refractivity (Wildman–Crippen MR) is 93.4 cm³/mol. The summed E-state index contributed by atoms with van der Waals surface area (Å²) in [5.41, 5.74) is -0.285. The summed E-state index contributed by atoms with van der Waals surface area (Å²) >= 11 is 6.11. The minimum atomic E-state index is -0.540. The molecule has 1 aromatic carbocycles. The molecular formula is C17H20ClN3O3. The van der Waals surface area contributed by atoms with Gasteiger partial charge in [0.05, 0.1) is 6.54 Å². The van der Waals surface area contributed by atoms with Gasteiger partial charge in [-0.1, -0.05) is 36.7 Å². The third-order valence-corrected chi connectivity index (χ3v) is 4.13. The molecule has 0 aliphatic carbocycles. The number of benzene rings is 1. The predicted octanol–water partition coefficient (Wildman–Crippen LogP) is 1.63. The van der Waals surface area contributed by atoms with E-state index >= 15 is 0 Å². The zero-order valence-corrected chi connectivity index (χ0v) is 14.4. The minimum Gasteiger partial charge on any atom is -0.352 e. The lowest BCUT2D eigenvalue weighted by molar-refractivity contribution is -0.122. The van der Waals surface area contributed by atoms with E-state index in [0.29, 0.717) is 5.02 Å². The molecule has 0 radical (unpaired) electrons. The van der Waals surface area contributed by atoms with Gasteiger partial charge in [-0.3, -0.25) is 18.7 Å². The molecule has 0 unspecified atom stereocenters. The van der Waals surface area contributed by atoms with E-state index in [0.717, 1.165) is 16.6 Å². The van der Waals surface area contributed by atoms with Gasteiger partial charge in [-0.25, -0.2) is 4.79 Å². The van der Waals surface area contributed by atoms with Crippen LogP contribution < -0.4 is 16.6 Å². The van der Waals surface area contributed by atoms with E-state index in [-0.39, 0.29) is 25.0 Å². The second kappa shape index (κ2) is 7.97. The number of halogens is 1. The summed E-state index contributed by atoms with van der Waals surface area (Å²) in [4.78, 5) is 36.4. The summed E-state index contributed by atoms with van der Waals surface area (Å²) in [5.74, 6) is -0.362. The first-order valence-corrected chi connectivity index (χ1v) is 8.13. The summed E-state index contributed by atoms with van der Waals surface area (Å²) in [6, 6.07) is 8.42. The maximum atomic E-state index is 12.5. The second-order valence-electron chi connectivity index (χ2n) is 5.62. The van der Waals surface area contributed by atoms with Crippen LogP contribution in [-0.4, -0.2) is 21.1 Å². The Kier molecular flexibility index (Phi) is 5.98. The van der Waals surface area contributed by atoms with Crippen LogP contribution in [0.3, 0.4) is 0 Å². The summed E-state index contributed by atoms with van der Waals surface area (Å²) < 4.78 is 2.29. The number of carbonyl (C=O) groups excluding carboxylic acids is 1. The van der Waals surface area contributed by atoms with Gasteiger partial charge in [-0.05, 0) is 25.0 Å². The zero-order chi connectivity index (χ0) is 17.7. The van der Waals surface area contributed by atoms with Crippen LogP contribution >= 0.6 is 11.6 Å². The lowest BCUT2D eigenvalue weighted by atomic mass is 10.2. The fourth-order valence-corrected chi connectivity index (χ4v) is 2.39. The molecular weight excluding hydrogens is 330 g/mol. The number of nitrogens with one attached hydrogen (secondary N) is 1. The fourth-order valence-electron chi connectivity index (χ4n) is 2.20. The molecule has 0 bridgehead atoms. The van der Waals surface area contributed by atoms with Gasteiger partial charge >= 0.3 is 5.69 Å². The molecule has 128 valence electrons. The minimum absolute atomic E-state index is 0.0118. The molecule has 0 aliphatic heterocycles. The molecule has 6 nitrogen and oxygen atoms in total. The van der Waals surface area contributed by atoms with Crippen LogP contribution in [0.15, 0.2) is 46.1 Å². The number of aromatic nitrogens is 2. The Morgan fingerprint density at radius 1 is 1.25 bits per heavy atom. The van der Waals surface area contributed by atoms with Crippen molar-refractivity contribution in [1.82, 2.24) is 14.5 Å². The lowest BCUT2D eigenvalue weighted by Crippen LogP contribution is -2.44. The van der Waals surface area contributed by atoms with Crippen molar-refractivity contribution in [3.63, 3.8) is 0 Å². The Morgan fingerprint density at radius 2 is 1.96 bits per heavy atom. The molecule has 0 fully saturated rings. The Bertz CT molecular complexity index is 841. The van der Waals surface area contributed by atoms with Gasteiger partial charge in [0, 0.05) is 23.3 Å². The SMILES string of the molecule is CC[C@@H](C)NC(=O)Cn1c(=O)ccn(Cc2ccccc2Cl)c1=O. The molecule has 1 N–H and O–H groups in total. The van der Waals surface area contributed by atoms with Gasteiger partial charge in [0.2, 0.25) is 5.91 Å². The van der Waals surface area contributed by atoms with Crippen molar-refractivity contribution >= 4 is 17.5 Å². The highest BCUT2D eigenvalue weighted by molar-refractivity contribution is 6.31. The van der Waals surface area contributed by atoms with Gasteiger partial charge in [0.1, 0.15) is 6.54 Å². The van der Waals surface area contributed by atoms with Gasteiger partial charge in [0.15, 0.2) is 0 Å². The number of amides is 1. The third-order valence-electron chi connectivity index (χ3n) is 3.76. The van der Waals surface area contributed by atoms with Crippen LogP contribution in [0.1, 0.15) is 25.8 Å². The molecule has 2 aromatic rings. The van der Waals surface area contributed by atoms with E-state index in [4.69, 9.17) is 11.6 Å². The first kappa shape index (κ1) is 18.0. The number of rotatable bonds is 6. The molecule has 1 aromatic heterocycles.